The quantitative estimate of drug-likeness (QED) is 0.465. The summed E-state index contributed by atoms with van der Waals surface area (Å²) in [4.78, 5) is 24.4. The summed E-state index contributed by atoms with van der Waals surface area (Å²) in [5.41, 5.74) is 0.979. The maximum atomic E-state index is 12.8. The van der Waals surface area contributed by atoms with E-state index in [1.54, 1.807) is 50.3 Å². The summed E-state index contributed by atoms with van der Waals surface area (Å²) in [6.45, 7) is 3.28. The lowest BCUT2D eigenvalue weighted by atomic mass is 10.1. The maximum Gasteiger partial charge on any atom is 0.344 e. The van der Waals surface area contributed by atoms with Gasteiger partial charge in [-0.05, 0) is 38.1 Å². The zero-order chi connectivity index (χ0) is 22.5. The molecule has 0 unspecified atom stereocenters. The van der Waals surface area contributed by atoms with Crippen molar-refractivity contribution in [2.75, 3.05) is 27.9 Å². The summed E-state index contributed by atoms with van der Waals surface area (Å²) < 4.78 is 32.2. The average Bonchev–Trinajstić information content (AvgIpc) is 3.06. The van der Waals surface area contributed by atoms with Crippen LogP contribution in [0.25, 0.3) is 6.08 Å². The van der Waals surface area contributed by atoms with E-state index in [9.17, 15) is 9.59 Å². The largest absolute Gasteiger partial charge is 0.496 e. The molecule has 1 aliphatic heterocycles. The molecule has 0 saturated carbocycles. The second kappa shape index (κ2) is 9.42. The normalized spacial score (nSPS) is 13.6. The molecule has 2 aromatic carbocycles. The lowest BCUT2D eigenvalue weighted by Gasteiger charge is -2.12. The predicted molar refractivity (Wildman–Crippen MR) is 112 cm³/mol. The van der Waals surface area contributed by atoms with E-state index < -0.39 is 5.97 Å². The lowest BCUT2D eigenvalue weighted by molar-refractivity contribution is -0.149. The Balaban J connectivity index is 1.82. The number of methoxy groups -OCH3 is 3. The molecule has 0 amide bonds. The van der Waals surface area contributed by atoms with Crippen LogP contribution in [0.5, 0.6) is 28.7 Å². The third-order valence-electron chi connectivity index (χ3n) is 4.39. The van der Waals surface area contributed by atoms with Crippen molar-refractivity contribution < 1.29 is 38.0 Å². The number of Topliss-reactive ketones (excluding diaryl/α,β-unsaturated/α-hetero) is 1. The van der Waals surface area contributed by atoms with Crippen LogP contribution in [0, 0.1) is 0 Å². The molecule has 1 aliphatic rings. The van der Waals surface area contributed by atoms with Gasteiger partial charge in [0.1, 0.15) is 17.2 Å². The van der Waals surface area contributed by atoms with Gasteiger partial charge in [-0.25, -0.2) is 4.79 Å². The van der Waals surface area contributed by atoms with Gasteiger partial charge in [0.25, 0.3) is 0 Å². The molecular weight excluding hydrogens is 404 g/mol. The van der Waals surface area contributed by atoms with Crippen molar-refractivity contribution >= 4 is 17.8 Å². The monoisotopic (exact) mass is 428 g/mol. The molecule has 2 aromatic rings. The third-order valence-corrected chi connectivity index (χ3v) is 4.39. The minimum absolute atomic E-state index is 0.122. The van der Waals surface area contributed by atoms with Crippen molar-refractivity contribution in [3.63, 3.8) is 0 Å². The Bertz CT molecular complexity index is 1020. The van der Waals surface area contributed by atoms with Crippen molar-refractivity contribution in [3.05, 3.63) is 47.2 Å². The first-order valence-corrected chi connectivity index (χ1v) is 9.56. The zero-order valence-corrected chi connectivity index (χ0v) is 18.0. The van der Waals surface area contributed by atoms with E-state index in [2.05, 4.69) is 0 Å². The van der Waals surface area contributed by atoms with Gasteiger partial charge >= 0.3 is 5.97 Å². The fourth-order valence-corrected chi connectivity index (χ4v) is 3.00. The average molecular weight is 428 g/mol. The second-order valence-electron chi connectivity index (χ2n) is 6.87. The Morgan fingerprint density at radius 3 is 2.32 bits per heavy atom. The van der Waals surface area contributed by atoms with Crippen LogP contribution in [-0.4, -0.2) is 45.8 Å². The molecule has 31 heavy (non-hydrogen) atoms. The van der Waals surface area contributed by atoms with Gasteiger partial charge in [-0.2, -0.15) is 0 Å². The number of benzene rings is 2. The van der Waals surface area contributed by atoms with Crippen LogP contribution in [0.2, 0.25) is 0 Å². The summed E-state index contributed by atoms with van der Waals surface area (Å²) in [7, 11) is 4.56. The van der Waals surface area contributed by atoms with Crippen molar-refractivity contribution in [3.8, 4) is 28.7 Å². The number of rotatable bonds is 8. The molecular formula is C23H24O8. The number of ketones is 1. The van der Waals surface area contributed by atoms with E-state index >= 15 is 0 Å². The number of allylic oxidation sites excluding steroid dienone is 1. The highest BCUT2D eigenvalue weighted by Gasteiger charge is 2.28. The van der Waals surface area contributed by atoms with Gasteiger partial charge in [-0.1, -0.05) is 0 Å². The Morgan fingerprint density at radius 2 is 1.68 bits per heavy atom. The highest BCUT2D eigenvalue weighted by Crippen LogP contribution is 2.39. The van der Waals surface area contributed by atoms with Crippen molar-refractivity contribution in [2.45, 2.75) is 20.0 Å². The molecule has 0 N–H and O–H groups in total. The molecule has 0 spiro atoms. The molecule has 1 heterocycles. The first-order chi connectivity index (χ1) is 14.9. The van der Waals surface area contributed by atoms with Gasteiger partial charge in [0.15, 0.2) is 23.9 Å². The first kappa shape index (κ1) is 22.0. The summed E-state index contributed by atoms with van der Waals surface area (Å²) in [5, 5.41) is 0. The molecule has 3 rings (SSSR count). The number of ether oxygens (including phenoxy) is 6. The van der Waals surface area contributed by atoms with E-state index in [4.69, 9.17) is 28.4 Å². The molecule has 8 nitrogen and oxygen atoms in total. The first-order valence-electron chi connectivity index (χ1n) is 9.56. The van der Waals surface area contributed by atoms with Gasteiger partial charge in [-0.3, -0.25) is 4.79 Å². The van der Waals surface area contributed by atoms with Crippen LogP contribution in [0.15, 0.2) is 36.1 Å². The van der Waals surface area contributed by atoms with Crippen LogP contribution in [0.4, 0.5) is 0 Å². The van der Waals surface area contributed by atoms with Crippen LogP contribution in [-0.2, 0) is 9.53 Å². The number of hydrogen-bond acceptors (Lipinski definition) is 8. The Morgan fingerprint density at radius 1 is 1.00 bits per heavy atom. The van der Waals surface area contributed by atoms with Crippen molar-refractivity contribution in [1.82, 2.24) is 0 Å². The third kappa shape index (κ3) is 4.91. The number of carbonyl (C=O) groups is 2. The van der Waals surface area contributed by atoms with Gasteiger partial charge in [0, 0.05) is 17.7 Å². The molecule has 0 bridgehead atoms. The molecule has 0 fully saturated rings. The van der Waals surface area contributed by atoms with Crippen molar-refractivity contribution in [2.24, 2.45) is 0 Å². The Kier molecular flexibility index (Phi) is 6.69. The Hall–Kier alpha value is -3.68. The van der Waals surface area contributed by atoms with Crippen LogP contribution >= 0.6 is 0 Å². The number of carbonyl (C=O) groups excluding carboxylic acids is 2. The van der Waals surface area contributed by atoms with E-state index in [1.165, 1.54) is 21.3 Å². The minimum atomic E-state index is -0.478. The number of esters is 1. The van der Waals surface area contributed by atoms with Gasteiger partial charge < -0.3 is 28.4 Å². The summed E-state index contributed by atoms with van der Waals surface area (Å²) in [6.07, 6.45) is 1.35. The molecule has 0 atom stereocenters. The molecule has 164 valence electrons. The standard InChI is InChI=1S/C23H24O8/c1-13(2)30-22(24)12-29-15-6-7-16-18(10-15)31-21(23(16)25)9-14-8-19(27-4)20(28-5)11-17(14)26-3/h6-11,13H,12H2,1-5H3/b21-9-. The van der Waals surface area contributed by atoms with Crippen LogP contribution in [0.1, 0.15) is 29.8 Å². The molecule has 8 heteroatoms. The molecule has 0 radical (unpaired) electrons. The zero-order valence-electron chi connectivity index (χ0n) is 18.0. The lowest BCUT2D eigenvalue weighted by Crippen LogP contribution is -2.18. The second-order valence-corrected chi connectivity index (χ2v) is 6.87. The van der Waals surface area contributed by atoms with E-state index in [0.717, 1.165) is 0 Å². The van der Waals surface area contributed by atoms with Crippen LogP contribution in [0.3, 0.4) is 0 Å². The van der Waals surface area contributed by atoms with Crippen molar-refractivity contribution in [1.29, 1.82) is 0 Å². The molecule has 0 aromatic heterocycles. The summed E-state index contributed by atoms with van der Waals surface area (Å²) in [6, 6.07) is 8.11. The van der Waals surface area contributed by atoms with E-state index in [0.29, 0.717) is 39.9 Å². The minimum Gasteiger partial charge on any atom is -0.496 e. The van der Waals surface area contributed by atoms with Crippen LogP contribution < -0.4 is 23.7 Å². The maximum absolute atomic E-state index is 12.8. The smallest absolute Gasteiger partial charge is 0.344 e. The van der Waals surface area contributed by atoms with Gasteiger partial charge in [0.05, 0.1) is 33.0 Å². The number of fused-ring (bicyclic) bond motifs is 1. The van der Waals surface area contributed by atoms with E-state index in [1.807, 2.05) is 0 Å². The number of hydrogen-bond donors (Lipinski definition) is 0. The topological polar surface area (TPSA) is 89.5 Å². The van der Waals surface area contributed by atoms with Gasteiger partial charge in [0.2, 0.25) is 5.78 Å². The van der Waals surface area contributed by atoms with Gasteiger partial charge in [-0.15, -0.1) is 0 Å². The highest BCUT2D eigenvalue weighted by molar-refractivity contribution is 6.14. The fourth-order valence-electron chi connectivity index (χ4n) is 3.00. The molecule has 0 aliphatic carbocycles. The van der Waals surface area contributed by atoms with E-state index in [-0.39, 0.29) is 24.3 Å². The SMILES string of the molecule is COc1cc(OC)c(OC)cc1/C=C1\Oc2cc(OCC(=O)OC(C)C)ccc2C1=O. The fraction of sp³-hybridized carbons (Fsp3) is 0.304. The summed E-state index contributed by atoms with van der Waals surface area (Å²) in [5.74, 6) is 1.57. The Labute approximate surface area is 180 Å². The molecule has 0 saturated heterocycles. The highest BCUT2D eigenvalue weighted by atomic mass is 16.6. The summed E-state index contributed by atoms with van der Waals surface area (Å²) >= 11 is 0. The predicted octanol–water partition coefficient (Wildman–Crippen LogP) is 3.66.